The van der Waals surface area contributed by atoms with Crippen LogP contribution in [-0.4, -0.2) is 16.0 Å². The maximum absolute atomic E-state index is 4.39. The smallest absolute Gasteiger partial charge is 0.146 e. The Labute approximate surface area is 119 Å². The lowest BCUT2D eigenvalue weighted by Crippen LogP contribution is -2.31. The molecule has 3 nitrogen and oxygen atoms in total. The maximum Gasteiger partial charge on any atom is 0.146 e. The second kappa shape index (κ2) is 5.77. The van der Waals surface area contributed by atoms with E-state index in [0.717, 1.165) is 15.9 Å². The molecule has 0 fully saturated rings. The van der Waals surface area contributed by atoms with Gasteiger partial charge in [0.25, 0.3) is 0 Å². The highest BCUT2D eigenvalue weighted by Gasteiger charge is 2.15. The minimum Gasteiger partial charge on any atom is -0.348 e. The van der Waals surface area contributed by atoms with Crippen LogP contribution < -0.4 is 4.90 Å². The summed E-state index contributed by atoms with van der Waals surface area (Å²) in [7, 11) is 0. The minimum atomic E-state index is 0.417. The molecule has 17 heavy (non-hydrogen) atoms. The van der Waals surface area contributed by atoms with Crippen molar-refractivity contribution in [3.8, 4) is 0 Å². The van der Waals surface area contributed by atoms with E-state index in [2.05, 4.69) is 68.8 Å². The topological polar surface area (TPSA) is 29.0 Å². The first-order valence-electron chi connectivity index (χ1n) is 5.43. The summed E-state index contributed by atoms with van der Waals surface area (Å²) in [5.74, 6) is 1.02. The van der Waals surface area contributed by atoms with Gasteiger partial charge in [-0.1, -0.05) is 6.07 Å². The maximum atomic E-state index is 4.39. The number of anilines is 1. The number of hydrogen-bond donors (Lipinski definition) is 0. The molecule has 0 aromatic carbocycles. The molecule has 0 aliphatic carbocycles. The standard InChI is InChI=1S/C12H14IN3S/c1-9(2)16(7-10-4-3-5-17-10)12-11(13)6-14-8-15-12/h3-6,8-9H,7H2,1-2H3. The monoisotopic (exact) mass is 359 g/mol. The van der Waals surface area contributed by atoms with Crippen molar-refractivity contribution in [2.75, 3.05) is 4.90 Å². The van der Waals surface area contributed by atoms with Crippen LogP contribution in [0.15, 0.2) is 30.0 Å². The van der Waals surface area contributed by atoms with E-state index in [1.807, 2.05) is 6.20 Å². The highest BCUT2D eigenvalue weighted by molar-refractivity contribution is 14.1. The molecule has 0 saturated heterocycles. The first-order chi connectivity index (χ1) is 8.18. The Hall–Kier alpha value is -0.690. The van der Waals surface area contributed by atoms with Gasteiger partial charge in [0.2, 0.25) is 0 Å². The van der Waals surface area contributed by atoms with E-state index in [1.54, 1.807) is 17.7 Å². The van der Waals surface area contributed by atoms with Crippen molar-refractivity contribution in [3.05, 3.63) is 38.5 Å². The molecule has 90 valence electrons. The van der Waals surface area contributed by atoms with Gasteiger partial charge >= 0.3 is 0 Å². The van der Waals surface area contributed by atoms with Gasteiger partial charge in [0.1, 0.15) is 12.1 Å². The van der Waals surface area contributed by atoms with E-state index < -0.39 is 0 Å². The number of aromatic nitrogens is 2. The molecule has 2 aromatic rings. The van der Waals surface area contributed by atoms with Crippen LogP contribution in [0.25, 0.3) is 0 Å². The van der Waals surface area contributed by atoms with Crippen molar-refractivity contribution in [2.45, 2.75) is 26.4 Å². The fourth-order valence-corrected chi connectivity index (χ4v) is 2.90. The first-order valence-corrected chi connectivity index (χ1v) is 7.39. The van der Waals surface area contributed by atoms with Crippen LogP contribution in [0.1, 0.15) is 18.7 Å². The van der Waals surface area contributed by atoms with Crippen molar-refractivity contribution in [1.29, 1.82) is 0 Å². The van der Waals surface area contributed by atoms with Crippen LogP contribution in [0.3, 0.4) is 0 Å². The largest absolute Gasteiger partial charge is 0.348 e. The first kappa shape index (κ1) is 12.8. The van der Waals surface area contributed by atoms with Crippen molar-refractivity contribution >= 4 is 39.7 Å². The molecule has 2 heterocycles. The van der Waals surface area contributed by atoms with Crippen LogP contribution in [0.5, 0.6) is 0 Å². The zero-order valence-electron chi connectivity index (χ0n) is 9.80. The summed E-state index contributed by atoms with van der Waals surface area (Å²) in [4.78, 5) is 12.1. The normalized spacial score (nSPS) is 10.8. The van der Waals surface area contributed by atoms with Gasteiger partial charge in [0.15, 0.2) is 0 Å². The number of thiophene rings is 1. The third-order valence-electron chi connectivity index (χ3n) is 2.45. The molecular formula is C12H14IN3S. The van der Waals surface area contributed by atoms with Crippen molar-refractivity contribution in [3.63, 3.8) is 0 Å². The van der Waals surface area contributed by atoms with Crippen molar-refractivity contribution in [1.82, 2.24) is 9.97 Å². The Balaban J connectivity index is 2.27. The second-order valence-electron chi connectivity index (χ2n) is 4.00. The van der Waals surface area contributed by atoms with E-state index in [4.69, 9.17) is 0 Å². The van der Waals surface area contributed by atoms with Crippen molar-refractivity contribution in [2.24, 2.45) is 0 Å². The van der Waals surface area contributed by atoms with Crippen LogP contribution in [0, 0.1) is 3.57 Å². The molecule has 0 unspecified atom stereocenters. The molecule has 0 aliphatic rings. The molecule has 0 N–H and O–H groups in total. The third-order valence-corrected chi connectivity index (χ3v) is 4.07. The van der Waals surface area contributed by atoms with Gasteiger partial charge < -0.3 is 4.90 Å². The summed E-state index contributed by atoms with van der Waals surface area (Å²) in [6, 6.07) is 4.66. The lowest BCUT2D eigenvalue weighted by Gasteiger charge is -2.27. The Morgan fingerprint density at radius 3 is 2.88 bits per heavy atom. The highest BCUT2D eigenvalue weighted by atomic mass is 127. The van der Waals surface area contributed by atoms with Gasteiger partial charge in [-0.2, -0.15) is 0 Å². The summed E-state index contributed by atoms with van der Waals surface area (Å²) in [5, 5.41) is 2.11. The van der Waals surface area contributed by atoms with Crippen LogP contribution >= 0.6 is 33.9 Å². The van der Waals surface area contributed by atoms with Gasteiger partial charge in [0, 0.05) is 17.1 Å². The van der Waals surface area contributed by atoms with E-state index in [9.17, 15) is 0 Å². The average Bonchev–Trinajstić information content (AvgIpc) is 2.79. The quantitative estimate of drug-likeness (QED) is 0.782. The molecule has 5 heteroatoms. The lowest BCUT2D eigenvalue weighted by molar-refractivity contribution is 0.673. The molecule has 2 aromatic heterocycles. The summed E-state index contributed by atoms with van der Waals surface area (Å²) in [5.41, 5.74) is 0. The predicted molar refractivity (Wildman–Crippen MR) is 80.4 cm³/mol. The number of hydrogen-bond acceptors (Lipinski definition) is 4. The zero-order valence-corrected chi connectivity index (χ0v) is 12.8. The molecule has 0 saturated carbocycles. The van der Waals surface area contributed by atoms with Crippen LogP contribution in [-0.2, 0) is 6.54 Å². The van der Waals surface area contributed by atoms with Gasteiger partial charge in [-0.25, -0.2) is 9.97 Å². The van der Waals surface area contributed by atoms with Crippen LogP contribution in [0.4, 0.5) is 5.82 Å². The summed E-state index contributed by atoms with van der Waals surface area (Å²) in [6.07, 6.45) is 3.47. The van der Waals surface area contributed by atoms with Gasteiger partial charge in [0.05, 0.1) is 10.1 Å². The van der Waals surface area contributed by atoms with E-state index in [-0.39, 0.29) is 0 Å². The molecule has 0 bridgehead atoms. The zero-order chi connectivity index (χ0) is 12.3. The van der Waals surface area contributed by atoms with E-state index in [1.165, 1.54) is 4.88 Å². The van der Waals surface area contributed by atoms with Crippen molar-refractivity contribution < 1.29 is 0 Å². The second-order valence-corrected chi connectivity index (χ2v) is 6.19. The van der Waals surface area contributed by atoms with Gasteiger partial charge in [-0.15, -0.1) is 11.3 Å². The molecule has 0 atom stereocenters. The Bertz CT molecular complexity index is 470. The van der Waals surface area contributed by atoms with Gasteiger partial charge in [-0.05, 0) is 47.9 Å². The fraction of sp³-hybridized carbons (Fsp3) is 0.333. The molecule has 0 amide bonds. The summed E-state index contributed by atoms with van der Waals surface area (Å²) in [6.45, 7) is 5.28. The van der Waals surface area contributed by atoms with Crippen LogP contribution in [0.2, 0.25) is 0 Å². The summed E-state index contributed by atoms with van der Waals surface area (Å²) >= 11 is 4.07. The number of halogens is 1. The Kier molecular flexibility index (Phi) is 4.33. The predicted octanol–water partition coefficient (Wildman–Crippen LogP) is 3.56. The fourth-order valence-electron chi connectivity index (χ4n) is 1.59. The average molecular weight is 359 g/mol. The molecule has 0 aliphatic heterocycles. The Morgan fingerprint density at radius 1 is 1.47 bits per heavy atom. The van der Waals surface area contributed by atoms with E-state index in [0.29, 0.717) is 6.04 Å². The lowest BCUT2D eigenvalue weighted by atomic mass is 10.3. The number of rotatable bonds is 4. The highest BCUT2D eigenvalue weighted by Crippen LogP contribution is 2.23. The molecule has 0 radical (unpaired) electrons. The Morgan fingerprint density at radius 2 is 2.29 bits per heavy atom. The SMILES string of the molecule is CC(C)N(Cc1cccs1)c1ncncc1I. The molecule has 2 rings (SSSR count). The van der Waals surface area contributed by atoms with Gasteiger partial charge in [-0.3, -0.25) is 0 Å². The number of nitrogens with zero attached hydrogens (tertiary/aromatic N) is 3. The minimum absolute atomic E-state index is 0.417. The third kappa shape index (κ3) is 3.16. The summed E-state index contributed by atoms with van der Waals surface area (Å²) < 4.78 is 1.09. The molecular weight excluding hydrogens is 345 g/mol. The van der Waals surface area contributed by atoms with E-state index >= 15 is 0 Å². The molecule has 0 spiro atoms.